The molecule has 0 amide bonds. The van der Waals surface area contributed by atoms with Crippen LogP contribution in [0.5, 0.6) is 0 Å². The van der Waals surface area contributed by atoms with E-state index in [1.165, 1.54) is 12.1 Å². The van der Waals surface area contributed by atoms with Crippen LogP contribution < -0.4 is 4.90 Å². The Hall–Kier alpha value is -1.31. The highest BCUT2D eigenvalue weighted by Crippen LogP contribution is 2.23. The summed E-state index contributed by atoms with van der Waals surface area (Å²) in [7, 11) is 0. The highest BCUT2D eigenvalue weighted by atomic mass is 16.1. The Morgan fingerprint density at radius 1 is 1.33 bits per heavy atom. The molecule has 1 unspecified atom stereocenters. The predicted octanol–water partition coefficient (Wildman–Crippen LogP) is 2.74. The van der Waals surface area contributed by atoms with Gasteiger partial charge in [-0.15, -0.1) is 0 Å². The Labute approximate surface area is 90.9 Å². The van der Waals surface area contributed by atoms with Crippen LogP contribution in [0.4, 0.5) is 5.69 Å². The minimum Gasteiger partial charge on any atom is -0.371 e. The van der Waals surface area contributed by atoms with E-state index in [0.29, 0.717) is 0 Å². The van der Waals surface area contributed by atoms with Gasteiger partial charge in [-0.3, -0.25) is 4.79 Å². The molecule has 1 atom stereocenters. The van der Waals surface area contributed by atoms with Crippen molar-refractivity contribution in [3.8, 4) is 0 Å². The van der Waals surface area contributed by atoms with Gasteiger partial charge in [0, 0.05) is 24.3 Å². The molecule has 0 bridgehead atoms. The van der Waals surface area contributed by atoms with E-state index in [4.69, 9.17) is 0 Å². The molecule has 2 nitrogen and oxygen atoms in total. The second-order valence-electron chi connectivity index (χ2n) is 4.44. The first kappa shape index (κ1) is 10.2. The Morgan fingerprint density at radius 3 is 2.47 bits per heavy atom. The van der Waals surface area contributed by atoms with Gasteiger partial charge < -0.3 is 4.90 Å². The molecule has 1 fully saturated rings. The van der Waals surface area contributed by atoms with Gasteiger partial charge in [0.05, 0.1) is 0 Å². The van der Waals surface area contributed by atoms with Crippen LogP contribution in [-0.2, 0) is 0 Å². The smallest absolute Gasteiger partial charge is 0.159 e. The van der Waals surface area contributed by atoms with Crippen molar-refractivity contribution in [2.24, 2.45) is 5.92 Å². The van der Waals surface area contributed by atoms with E-state index in [0.717, 1.165) is 24.6 Å². The van der Waals surface area contributed by atoms with E-state index in [9.17, 15) is 4.79 Å². The molecular weight excluding hydrogens is 186 g/mol. The van der Waals surface area contributed by atoms with Crippen LogP contribution in [0.3, 0.4) is 0 Å². The number of anilines is 1. The van der Waals surface area contributed by atoms with Crippen molar-refractivity contribution < 1.29 is 4.79 Å². The lowest BCUT2D eigenvalue weighted by Gasteiger charge is -2.18. The molecule has 0 spiro atoms. The molecule has 1 aliphatic rings. The summed E-state index contributed by atoms with van der Waals surface area (Å²) in [4.78, 5) is 13.5. The van der Waals surface area contributed by atoms with Crippen LogP contribution in [0.25, 0.3) is 0 Å². The Kier molecular flexibility index (Phi) is 2.76. The van der Waals surface area contributed by atoms with E-state index in [2.05, 4.69) is 24.0 Å². The lowest BCUT2D eigenvalue weighted by Crippen LogP contribution is -2.18. The van der Waals surface area contributed by atoms with Gasteiger partial charge in [-0.1, -0.05) is 6.92 Å². The molecule has 1 aliphatic heterocycles. The second-order valence-corrected chi connectivity index (χ2v) is 4.44. The Morgan fingerprint density at radius 2 is 2.00 bits per heavy atom. The van der Waals surface area contributed by atoms with Crippen molar-refractivity contribution in [2.75, 3.05) is 18.0 Å². The van der Waals surface area contributed by atoms with Gasteiger partial charge in [-0.25, -0.2) is 0 Å². The van der Waals surface area contributed by atoms with Gasteiger partial charge in [0.1, 0.15) is 0 Å². The zero-order valence-corrected chi connectivity index (χ0v) is 9.36. The fourth-order valence-electron chi connectivity index (χ4n) is 2.08. The number of carbonyl (C=O) groups is 1. The summed E-state index contributed by atoms with van der Waals surface area (Å²) in [6.45, 7) is 6.16. The third-order valence-electron chi connectivity index (χ3n) is 3.06. The first-order valence-electron chi connectivity index (χ1n) is 5.53. The molecule has 0 aromatic heterocycles. The molecule has 1 saturated heterocycles. The molecule has 15 heavy (non-hydrogen) atoms. The molecule has 0 aliphatic carbocycles. The van der Waals surface area contributed by atoms with Crippen LogP contribution >= 0.6 is 0 Å². The molecule has 0 saturated carbocycles. The molecule has 1 aromatic rings. The summed E-state index contributed by atoms with van der Waals surface area (Å²) < 4.78 is 0. The van der Waals surface area contributed by atoms with E-state index in [1.54, 1.807) is 6.92 Å². The minimum absolute atomic E-state index is 0.135. The predicted molar refractivity (Wildman–Crippen MR) is 62.4 cm³/mol. The standard InChI is InChI=1S/C13H17NO/c1-10-7-8-14(9-10)13-5-3-12(4-6-13)11(2)15/h3-6,10H,7-9H2,1-2H3. The number of hydrogen-bond acceptors (Lipinski definition) is 2. The van der Waals surface area contributed by atoms with E-state index >= 15 is 0 Å². The second kappa shape index (κ2) is 4.05. The maximum absolute atomic E-state index is 11.1. The summed E-state index contributed by atoms with van der Waals surface area (Å²) in [5.41, 5.74) is 2.04. The van der Waals surface area contributed by atoms with Gasteiger partial charge >= 0.3 is 0 Å². The van der Waals surface area contributed by atoms with Crippen molar-refractivity contribution in [1.29, 1.82) is 0 Å². The molecule has 2 rings (SSSR count). The van der Waals surface area contributed by atoms with Gasteiger partial charge in [0.15, 0.2) is 5.78 Å². The van der Waals surface area contributed by atoms with E-state index in [-0.39, 0.29) is 5.78 Å². The summed E-state index contributed by atoms with van der Waals surface area (Å²) in [5, 5.41) is 0. The van der Waals surface area contributed by atoms with E-state index < -0.39 is 0 Å². The number of nitrogens with zero attached hydrogens (tertiary/aromatic N) is 1. The fourth-order valence-corrected chi connectivity index (χ4v) is 2.08. The maximum atomic E-state index is 11.1. The van der Waals surface area contributed by atoms with Crippen LogP contribution in [0.1, 0.15) is 30.6 Å². The van der Waals surface area contributed by atoms with Crippen molar-refractivity contribution in [3.05, 3.63) is 29.8 Å². The zero-order chi connectivity index (χ0) is 10.8. The Balaban J connectivity index is 2.13. The number of ketones is 1. The molecular formula is C13H17NO. The lowest BCUT2D eigenvalue weighted by molar-refractivity contribution is 0.101. The summed E-state index contributed by atoms with van der Waals surface area (Å²) in [6.07, 6.45) is 1.27. The average molecular weight is 203 g/mol. The Bertz CT molecular complexity index is 355. The monoisotopic (exact) mass is 203 g/mol. The number of Topliss-reactive ketones (excluding diaryl/α,β-unsaturated/α-hetero) is 1. The van der Waals surface area contributed by atoms with Gasteiger partial charge in [0.2, 0.25) is 0 Å². The number of carbonyl (C=O) groups excluding carboxylic acids is 1. The molecule has 1 aromatic carbocycles. The first-order chi connectivity index (χ1) is 7.16. The zero-order valence-electron chi connectivity index (χ0n) is 9.36. The summed E-state index contributed by atoms with van der Waals surface area (Å²) in [6, 6.07) is 7.94. The molecule has 0 radical (unpaired) electrons. The highest BCUT2D eigenvalue weighted by molar-refractivity contribution is 5.94. The fraction of sp³-hybridized carbons (Fsp3) is 0.462. The number of hydrogen-bond donors (Lipinski definition) is 0. The van der Waals surface area contributed by atoms with Gasteiger partial charge in [0.25, 0.3) is 0 Å². The quantitative estimate of drug-likeness (QED) is 0.689. The highest BCUT2D eigenvalue weighted by Gasteiger charge is 2.18. The number of rotatable bonds is 2. The first-order valence-corrected chi connectivity index (χ1v) is 5.53. The largest absolute Gasteiger partial charge is 0.371 e. The van der Waals surface area contributed by atoms with Crippen molar-refractivity contribution >= 4 is 11.5 Å². The van der Waals surface area contributed by atoms with Crippen LogP contribution in [0, 0.1) is 5.92 Å². The SMILES string of the molecule is CC(=O)c1ccc(N2CCC(C)C2)cc1. The van der Waals surface area contributed by atoms with Gasteiger partial charge in [-0.2, -0.15) is 0 Å². The maximum Gasteiger partial charge on any atom is 0.159 e. The van der Waals surface area contributed by atoms with Crippen molar-refractivity contribution in [1.82, 2.24) is 0 Å². The molecule has 80 valence electrons. The molecule has 1 heterocycles. The topological polar surface area (TPSA) is 20.3 Å². The van der Waals surface area contributed by atoms with Crippen LogP contribution in [0.2, 0.25) is 0 Å². The third-order valence-corrected chi connectivity index (χ3v) is 3.06. The van der Waals surface area contributed by atoms with Crippen LogP contribution in [0.15, 0.2) is 24.3 Å². The summed E-state index contributed by atoms with van der Waals surface area (Å²) >= 11 is 0. The van der Waals surface area contributed by atoms with Crippen molar-refractivity contribution in [2.45, 2.75) is 20.3 Å². The van der Waals surface area contributed by atoms with Gasteiger partial charge in [-0.05, 0) is 43.5 Å². The normalized spacial score (nSPS) is 20.7. The van der Waals surface area contributed by atoms with Crippen LogP contribution in [-0.4, -0.2) is 18.9 Å². The number of benzene rings is 1. The average Bonchev–Trinajstić information content (AvgIpc) is 2.65. The van der Waals surface area contributed by atoms with E-state index in [1.807, 2.05) is 12.1 Å². The lowest BCUT2D eigenvalue weighted by atomic mass is 10.1. The van der Waals surface area contributed by atoms with Crippen molar-refractivity contribution in [3.63, 3.8) is 0 Å². The molecule has 2 heteroatoms. The summed E-state index contributed by atoms with van der Waals surface area (Å²) in [5.74, 6) is 0.925. The third kappa shape index (κ3) is 2.20. The molecule has 0 N–H and O–H groups in total. The minimum atomic E-state index is 0.135.